The molecule has 0 saturated heterocycles. The van der Waals surface area contributed by atoms with Gasteiger partial charge in [-0.2, -0.15) is 4.98 Å². The van der Waals surface area contributed by atoms with Crippen LogP contribution in [0.5, 0.6) is 0 Å². The zero-order valence-corrected chi connectivity index (χ0v) is 6.91. The first kappa shape index (κ1) is 8.51. The number of fused-ring (bicyclic) bond motifs is 1. The molecule has 0 bridgehead atoms. The van der Waals surface area contributed by atoms with Gasteiger partial charge in [0, 0.05) is 0 Å². The quantitative estimate of drug-likeness (QED) is 0.341. The molecule has 0 saturated carbocycles. The summed E-state index contributed by atoms with van der Waals surface area (Å²) in [6, 6.07) is 0. The van der Waals surface area contributed by atoms with E-state index in [0.717, 1.165) is 10.9 Å². The van der Waals surface area contributed by atoms with E-state index in [4.69, 9.17) is 11.6 Å². The molecule has 0 aliphatic heterocycles. The molecule has 2 aromatic heterocycles. The first-order valence-electron chi connectivity index (χ1n) is 3.66. The van der Waals surface area contributed by atoms with Crippen LogP contribution in [0.15, 0.2) is 11.0 Å². The maximum Gasteiger partial charge on any atom is 0.264 e. The van der Waals surface area contributed by atoms with Crippen molar-refractivity contribution in [3.05, 3.63) is 22.4 Å². The average molecular weight is 198 g/mol. The summed E-state index contributed by atoms with van der Waals surface area (Å²) < 4.78 is 14.2. The summed E-state index contributed by atoms with van der Waals surface area (Å²) in [7, 11) is 0. The molecule has 74 valence electrons. The van der Waals surface area contributed by atoms with E-state index < -0.39 is 11.4 Å². The maximum absolute atomic E-state index is 13.2. The number of hydrogen-bond donors (Lipinski definition) is 4. The number of hydrazine groups is 1. The van der Waals surface area contributed by atoms with Crippen molar-refractivity contribution < 1.29 is 4.39 Å². The van der Waals surface area contributed by atoms with Gasteiger partial charge in [-0.25, -0.2) is 14.9 Å². The summed E-state index contributed by atoms with van der Waals surface area (Å²) in [5.74, 6) is 4.27. The van der Waals surface area contributed by atoms with Gasteiger partial charge in [0.05, 0.1) is 6.20 Å². The van der Waals surface area contributed by atoms with E-state index in [2.05, 4.69) is 15.5 Å². The number of rotatable bonds is 1. The molecule has 8 heteroatoms. The van der Waals surface area contributed by atoms with Gasteiger partial charge in [0.1, 0.15) is 5.39 Å². The second-order valence-electron chi connectivity index (χ2n) is 2.63. The maximum atomic E-state index is 13.2. The predicted octanol–water partition coefficient (Wildman–Crippen LogP) is -1.14. The van der Waals surface area contributed by atoms with Gasteiger partial charge in [0.2, 0.25) is 5.95 Å². The van der Waals surface area contributed by atoms with Gasteiger partial charge in [-0.15, -0.1) is 0 Å². The lowest BCUT2D eigenvalue weighted by Gasteiger charge is -2.00. The van der Waals surface area contributed by atoms with E-state index >= 15 is 0 Å². The lowest BCUT2D eigenvalue weighted by Crippen LogP contribution is -2.22. The first-order valence-corrected chi connectivity index (χ1v) is 3.66. The fraction of sp³-hybridized carbons (Fsp3) is 0. The minimum absolute atomic E-state index is 0.0475. The topological polar surface area (TPSA) is 115 Å². The van der Waals surface area contributed by atoms with Gasteiger partial charge in [0.25, 0.3) is 5.56 Å². The monoisotopic (exact) mass is 198 g/mol. The largest absolute Gasteiger partial charge is 0.369 e. The first-order chi connectivity index (χ1) is 6.63. The molecule has 6 N–H and O–H groups in total. The van der Waals surface area contributed by atoms with Crippen LogP contribution in [0.4, 0.5) is 10.3 Å². The molecule has 0 radical (unpaired) electrons. The van der Waals surface area contributed by atoms with Crippen molar-refractivity contribution in [2.75, 3.05) is 11.3 Å². The van der Waals surface area contributed by atoms with Gasteiger partial charge in [-0.3, -0.25) is 15.3 Å². The van der Waals surface area contributed by atoms with E-state index in [1.165, 1.54) is 0 Å². The second-order valence-corrected chi connectivity index (χ2v) is 2.63. The number of hydrogen-bond acceptors (Lipinski definition) is 5. The number of anilines is 1. The summed E-state index contributed by atoms with van der Waals surface area (Å²) in [6.45, 7) is 0. The third-order valence-electron chi connectivity index (χ3n) is 1.77. The van der Waals surface area contributed by atoms with Crippen molar-refractivity contribution in [3.8, 4) is 0 Å². The highest BCUT2D eigenvalue weighted by molar-refractivity contribution is 5.77. The van der Waals surface area contributed by atoms with Crippen LogP contribution in [-0.4, -0.2) is 14.6 Å². The van der Waals surface area contributed by atoms with Gasteiger partial charge in [-0.1, -0.05) is 0 Å². The molecule has 0 aromatic carbocycles. The number of aromatic nitrogens is 3. The minimum Gasteiger partial charge on any atom is -0.369 e. The number of aromatic amines is 1. The Hall–Kier alpha value is -2.09. The average Bonchev–Trinajstić information content (AvgIpc) is 2.42. The molecule has 2 heterocycles. The highest BCUT2D eigenvalue weighted by atomic mass is 19.1. The van der Waals surface area contributed by atoms with Crippen LogP contribution in [0.3, 0.4) is 0 Å². The standard InChI is InChI=1S/C6H7FN6O/c7-2-1-13(12-9)4-3(2)5(14)11-6(8)10-4/h1,12H,9H2,(H3,8,10,11,14). The summed E-state index contributed by atoms with van der Waals surface area (Å²) >= 11 is 0. The molecule has 0 aliphatic rings. The van der Waals surface area contributed by atoms with Crippen molar-refractivity contribution in [2.45, 2.75) is 0 Å². The van der Waals surface area contributed by atoms with Crippen molar-refractivity contribution in [2.24, 2.45) is 5.84 Å². The molecule has 7 nitrogen and oxygen atoms in total. The van der Waals surface area contributed by atoms with Gasteiger partial charge in [-0.05, 0) is 0 Å². The molecule has 0 fully saturated rings. The lowest BCUT2D eigenvalue weighted by molar-refractivity contribution is 0.632. The highest BCUT2D eigenvalue weighted by Crippen LogP contribution is 2.12. The van der Waals surface area contributed by atoms with E-state index in [1.807, 2.05) is 0 Å². The van der Waals surface area contributed by atoms with Crippen LogP contribution >= 0.6 is 0 Å². The molecule has 0 aliphatic carbocycles. The molecule has 0 spiro atoms. The highest BCUT2D eigenvalue weighted by Gasteiger charge is 2.13. The number of nitrogens with one attached hydrogen (secondary N) is 2. The normalized spacial score (nSPS) is 10.7. The molecule has 2 aromatic rings. The zero-order chi connectivity index (χ0) is 10.3. The Bertz CT molecular complexity index is 543. The van der Waals surface area contributed by atoms with Crippen molar-refractivity contribution in [3.63, 3.8) is 0 Å². The number of nitrogen functional groups attached to an aromatic ring is 2. The van der Waals surface area contributed by atoms with Crippen LogP contribution in [0.2, 0.25) is 0 Å². The minimum atomic E-state index is -0.716. The Morgan fingerprint density at radius 3 is 3.00 bits per heavy atom. The molecule has 2 rings (SSSR count). The van der Waals surface area contributed by atoms with E-state index in [9.17, 15) is 9.18 Å². The molecular formula is C6H7FN6O. The SMILES string of the molecule is NNn1cc(F)c2c(=O)[nH]c(N)nc21. The summed E-state index contributed by atoms with van der Waals surface area (Å²) in [5.41, 5.74) is 6.85. The summed E-state index contributed by atoms with van der Waals surface area (Å²) in [4.78, 5) is 17.2. The van der Waals surface area contributed by atoms with Crippen molar-refractivity contribution in [1.29, 1.82) is 0 Å². The Morgan fingerprint density at radius 2 is 2.36 bits per heavy atom. The zero-order valence-electron chi connectivity index (χ0n) is 6.91. The Kier molecular flexibility index (Phi) is 1.64. The Labute approximate surface area is 76.5 Å². The molecule has 14 heavy (non-hydrogen) atoms. The summed E-state index contributed by atoms with van der Waals surface area (Å²) in [6.07, 6.45) is 1.01. The van der Waals surface area contributed by atoms with Crippen LogP contribution in [-0.2, 0) is 0 Å². The number of nitrogens with zero attached hydrogens (tertiary/aromatic N) is 2. The number of H-pyrrole nitrogens is 1. The van der Waals surface area contributed by atoms with Crippen LogP contribution < -0.4 is 22.7 Å². The van der Waals surface area contributed by atoms with E-state index in [-0.39, 0.29) is 17.0 Å². The van der Waals surface area contributed by atoms with Gasteiger partial charge in [0.15, 0.2) is 11.5 Å². The Morgan fingerprint density at radius 1 is 1.64 bits per heavy atom. The summed E-state index contributed by atoms with van der Waals surface area (Å²) in [5, 5.41) is -0.183. The molecular weight excluding hydrogens is 191 g/mol. The fourth-order valence-electron chi connectivity index (χ4n) is 1.21. The smallest absolute Gasteiger partial charge is 0.264 e. The molecule has 0 unspecified atom stereocenters. The molecule has 0 atom stereocenters. The fourth-order valence-corrected chi connectivity index (χ4v) is 1.21. The van der Waals surface area contributed by atoms with Crippen molar-refractivity contribution >= 4 is 17.0 Å². The predicted molar refractivity (Wildman–Crippen MR) is 48.3 cm³/mol. The molecule has 0 amide bonds. The third kappa shape index (κ3) is 1.01. The van der Waals surface area contributed by atoms with Gasteiger partial charge >= 0.3 is 0 Å². The number of halogens is 1. The van der Waals surface area contributed by atoms with Crippen LogP contribution in [0.25, 0.3) is 11.0 Å². The third-order valence-corrected chi connectivity index (χ3v) is 1.77. The van der Waals surface area contributed by atoms with E-state index in [1.54, 1.807) is 0 Å². The van der Waals surface area contributed by atoms with Gasteiger partial charge < -0.3 is 5.73 Å². The van der Waals surface area contributed by atoms with Crippen LogP contribution in [0, 0.1) is 5.82 Å². The Balaban J connectivity index is 2.96. The lowest BCUT2D eigenvalue weighted by atomic mass is 10.4. The second kappa shape index (κ2) is 2.70. The van der Waals surface area contributed by atoms with Crippen LogP contribution in [0.1, 0.15) is 0 Å². The number of nitrogens with two attached hydrogens (primary N) is 2. The van der Waals surface area contributed by atoms with Crippen molar-refractivity contribution in [1.82, 2.24) is 14.6 Å². The van der Waals surface area contributed by atoms with E-state index in [0.29, 0.717) is 0 Å².